The number of amides is 2. The van der Waals surface area contributed by atoms with E-state index in [-0.39, 0.29) is 30.8 Å². The van der Waals surface area contributed by atoms with Crippen LogP contribution in [0, 0.1) is 5.92 Å². The molecule has 19 heavy (non-hydrogen) atoms. The zero-order valence-electron chi connectivity index (χ0n) is 10.7. The molecule has 6 heteroatoms. The molecular formula is C13H18N2O4. The van der Waals surface area contributed by atoms with Crippen LogP contribution in [0.4, 0.5) is 0 Å². The summed E-state index contributed by atoms with van der Waals surface area (Å²) in [5, 5.41) is 11.7. The number of furan rings is 1. The summed E-state index contributed by atoms with van der Waals surface area (Å²) in [5.41, 5.74) is 0.453. The molecule has 104 valence electrons. The highest BCUT2D eigenvalue weighted by molar-refractivity contribution is 5.94. The quantitative estimate of drug-likeness (QED) is 0.799. The summed E-state index contributed by atoms with van der Waals surface area (Å²) in [5.74, 6) is -0.0240. The Morgan fingerprint density at radius 1 is 1.53 bits per heavy atom. The number of carbonyl (C=O) groups excluding carboxylic acids is 2. The lowest BCUT2D eigenvalue weighted by atomic mass is 10.1. The van der Waals surface area contributed by atoms with Crippen LogP contribution in [0.3, 0.4) is 0 Å². The lowest BCUT2D eigenvalue weighted by Crippen LogP contribution is -2.33. The molecule has 1 fully saturated rings. The van der Waals surface area contributed by atoms with Gasteiger partial charge in [0.25, 0.3) is 5.91 Å². The SMILES string of the molecule is O=C(NCCC(=O)N1CCC(CO)C1)c1ccoc1. The van der Waals surface area contributed by atoms with Crippen molar-refractivity contribution in [2.24, 2.45) is 5.92 Å². The van der Waals surface area contributed by atoms with E-state index in [1.165, 1.54) is 12.5 Å². The number of nitrogens with zero attached hydrogens (tertiary/aromatic N) is 1. The minimum absolute atomic E-state index is 0.0171. The highest BCUT2D eigenvalue weighted by Gasteiger charge is 2.25. The lowest BCUT2D eigenvalue weighted by Gasteiger charge is -2.16. The topological polar surface area (TPSA) is 82.8 Å². The Balaban J connectivity index is 1.68. The molecule has 1 atom stereocenters. The minimum Gasteiger partial charge on any atom is -0.472 e. The van der Waals surface area contributed by atoms with Crippen molar-refractivity contribution in [3.05, 3.63) is 24.2 Å². The Bertz CT molecular complexity index is 430. The van der Waals surface area contributed by atoms with E-state index in [1.54, 1.807) is 11.0 Å². The smallest absolute Gasteiger partial charge is 0.254 e. The molecule has 2 rings (SSSR count). The predicted molar refractivity (Wildman–Crippen MR) is 67.4 cm³/mol. The number of rotatable bonds is 5. The van der Waals surface area contributed by atoms with E-state index in [1.807, 2.05) is 0 Å². The molecule has 2 amide bonds. The van der Waals surface area contributed by atoms with Crippen molar-refractivity contribution >= 4 is 11.8 Å². The monoisotopic (exact) mass is 266 g/mol. The molecule has 2 heterocycles. The van der Waals surface area contributed by atoms with Crippen LogP contribution in [0.25, 0.3) is 0 Å². The summed E-state index contributed by atoms with van der Waals surface area (Å²) >= 11 is 0. The van der Waals surface area contributed by atoms with Crippen molar-refractivity contribution in [3.63, 3.8) is 0 Å². The van der Waals surface area contributed by atoms with E-state index in [0.717, 1.165) is 6.42 Å². The number of likely N-dealkylation sites (tertiary alicyclic amines) is 1. The molecule has 0 aliphatic carbocycles. The highest BCUT2D eigenvalue weighted by Crippen LogP contribution is 2.15. The summed E-state index contributed by atoms with van der Waals surface area (Å²) in [4.78, 5) is 25.2. The molecule has 1 aliphatic heterocycles. The normalized spacial score (nSPS) is 18.6. The van der Waals surface area contributed by atoms with Crippen LogP contribution in [0.1, 0.15) is 23.2 Å². The fraction of sp³-hybridized carbons (Fsp3) is 0.538. The van der Waals surface area contributed by atoms with Gasteiger partial charge in [-0.25, -0.2) is 0 Å². The maximum absolute atomic E-state index is 11.8. The second kappa shape index (κ2) is 6.38. The standard InChI is InChI=1S/C13H18N2O4/c16-8-10-2-5-15(7-10)12(17)1-4-14-13(18)11-3-6-19-9-11/h3,6,9-10,16H,1-2,4-5,7-8H2,(H,14,18). The minimum atomic E-state index is -0.240. The summed E-state index contributed by atoms with van der Waals surface area (Å²) < 4.78 is 4.81. The van der Waals surface area contributed by atoms with Crippen molar-refractivity contribution in [1.29, 1.82) is 0 Å². The van der Waals surface area contributed by atoms with Gasteiger partial charge in [-0.05, 0) is 12.5 Å². The van der Waals surface area contributed by atoms with E-state index >= 15 is 0 Å². The summed E-state index contributed by atoms with van der Waals surface area (Å²) in [6, 6.07) is 1.57. The Morgan fingerprint density at radius 3 is 3.00 bits per heavy atom. The van der Waals surface area contributed by atoms with Crippen LogP contribution >= 0.6 is 0 Å². The van der Waals surface area contributed by atoms with Crippen molar-refractivity contribution < 1.29 is 19.1 Å². The van der Waals surface area contributed by atoms with Crippen molar-refractivity contribution in [2.75, 3.05) is 26.2 Å². The number of carbonyl (C=O) groups is 2. The molecule has 1 saturated heterocycles. The van der Waals surface area contributed by atoms with Crippen LogP contribution in [0.15, 0.2) is 23.0 Å². The third-order valence-corrected chi connectivity index (χ3v) is 3.30. The van der Waals surface area contributed by atoms with Gasteiger partial charge in [0.1, 0.15) is 6.26 Å². The maximum atomic E-state index is 11.8. The molecule has 1 aliphatic rings. The largest absolute Gasteiger partial charge is 0.472 e. The number of nitrogens with one attached hydrogen (secondary N) is 1. The van der Waals surface area contributed by atoms with Gasteiger partial charge in [-0.15, -0.1) is 0 Å². The molecule has 0 spiro atoms. The molecule has 1 aromatic rings. The van der Waals surface area contributed by atoms with E-state index in [9.17, 15) is 9.59 Å². The summed E-state index contributed by atoms with van der Waals surface area (Å²) in [6.45, 7) is 1.74. The van der Waals surface area contributed by atoms with Gasteiger partial charge in [-0.3, -0.25) is 9.59 Å². The van der Waals surface area contributed by atoms with E-state index in [4.69, 9.17) is 9.52 Å². The first-order chi connectivity index (χ1) is 9.20. The van der Waals surface area contributed by atoms with Gasteiger partial charge in [-0.2, -0.15) is 0 Å². The molecule has 0 radical (unpaired) electrons. The Hall–Kier alpha value is -1.82. The van der Waals surface area contributed by atoms with Crippen LogP contribution in [-0.2, 0) is 4.79 Å². The second-order valence-electron chi connectivity index (χ2n) is 4.69. The number of hydrogen-bond donors (Lipinski definition) is 2. The van der Waals surface area contributed by atoms with Crippen molar-refractivity contribution in [3.8, 4) is 0 Å². The Labute approximate surface area is 111 Å². The first-order valence-corrected chi connectivity index (χ1v) is 6.39. The molecule has 0 bridgehead atoms. The lowest BCUT2D eigenvalue weighted by molar-refractivity contribution is -0.130. The van der Waals surface area contributed by atoms with Crippen molar-refractivity contribution in [1.82, 2.24) is 10.2 Å². The van der Waals surface area contributed by atoms with Gasteiger partial charge in [-0.1, -0.05) is 0 Å². The van der Waals surface area contributed by atoms with Gasteiger partial charge in [0.2, 0.25) is 5.91 Å². The molecule has 0 saturated carbocycles. The molecular weight excluding hydrogens is 248 g/mol. The van der Waals surface area contributed by atoms with Crippen molar-refractivity contribution in [2.45, 2.75) is 12.8 Å². The van der Waals surface area contributed by atoms with Gasteiger partial charge in [0, 0.05) is 38.6 Å². The molecule has 1 unspecified atom stereocenters. The van der Waals surface area contributed by atoms with E-state index in [0.29, 0.717) is 25.2 Å². The molecule has 1 aromatic heterocycles. The van der Waals surface area contributed by atoms with Crippen LogP contribution < -0.4 is 5.32 Å². The number of aliphatic hydroxyl groups is 1. The van der Waals surface area contributed by atoms with Crippen LogP contribution in [-0.4, -0.2) is 48.1 Å². The van der Waals surface area contributed by atoms with Gasteiger partial charge in [0.05, 0.1) is 11.8 Å². The van der Waals surface area contributed by atoms with Gasteiger partial charge in [0.15, 0.2) is 0 Å². The van der Waals surface area contributed by atoms with Gasteiger partial charge < -0.3 is 19.7 Å². The third kappa shape index (κ3) is 3.57. The molecule has 6 nitrogen and oxygen atoms in total. The molecule has 2 N–H and O–H groups in total. The predicted octanol–water partition coefficient (Wildman–Crippen LogP) is 0.240. The first-order valence-electron chi connectivity index (χ1n) is 6.39. The second-order valence-corrected chi connectivity index (χ2v) is 4.69. The van der Waals surface area contributed by atoms with Crippen LogP contribution in [0.5, 0.6) is 0 Å². The Kier molecular flexibility index (Phi) is 4.57. The maximum Gasteiger partial charge on any atom is 0.254 e. The van der Waals surface area contributed by atoms with E-state index < -0.39 is 0 Å². The zero-order chi connectivity index (χ0) is 13.7. The third-order valence-electron chi connectivity index (χ3n) is 3.30. The van der Waals surface area contributed by atoms with E-state index in [2.05, 4.69) is 5.32 Å². The molecule has 0 aromatic carbocycles. The average molecular weight is 266 g/mol. The number of aliphatic hydroxyl groups excluding tert-OH is 1. The number of hydrogen-bond acceptors (Lipinski definition) is 4. The summed E-state index contributed by atoms with van der Waals surface area (Å²) in [7, 11) is 0. The zero-order valence-corrected chi connectivity index (χ0v) is 10.7. The Morgan fingerprint density at radius 2 is 2.37 bits per heavy atom. The average Bonchev–Trinajstić information content (AvgIpc) is 3.09. The fourth-order valence-corrected chi connectivity index (χ4v) is 2.15. The van der Waals surface area contributed by atoms with Crippen LogP contribution in [0.2, 0.25) is 0 Å². The highest BCUT2D eigenvalue weighted by atomic mass is 16.3. The first kappa shape index (κ1) is 13.6. The van der Waals surface area contributed by atoms with Gasteiger partial charge >= 0.3 is 0 Å². The fourth-order valence-electron chi connectivity index (χ4n) is 2.15. The summed E-state index contributed by atoms with van der Waals surface area (Å²) in [6.07, 6.45) is 3.92.